The molecule has 1 amide bonds. The van der Waals surface area contributed by atoms with Gasteiger partial charge in [0, 0.05) is 23.4 Å². The van der Waals surface area contributed by atoms with Crippen molar-refractivity contribution in [2.24, 2.45) is 0 Å². The number of rotatable bonds is 5. The van der Waals surface area contributed by atoms with Crippen LogP contribution in [0.4, 0.5) is 11.5 Å². The molecule has 3 rings (SSSR count). The number of hydrogen-bond donors (Lipinski definition) is 2. The third-order valence-corrected chi connectivity index (χ3v) is 4.15. The Morgan fingerprint density at radius 1 is 1.08 bits per heavy atom. The Hall–Kier alpha value is -2.76. The Balaban J connectivity index is 1.68. The van der Waals surface area contributed by atoms with E-state index < -0.39 is 0 Å². The Bertz CT molecular complexity index is 737. The summed E-state index contributed by atoms with van der Waals surface area (Å²) in [5, 5.41) is 6.13. The van der Waals surface area contributed by atoms with E-state index in [0.717, 1.165) is 31.4 Å². The van der Waals surface area contributed by atoms with E-state index in [0.29, 0.717) is 17.1 Å². The molecular weight excluding hydrogens is 304 g/mol. The molecule has 1 aromatic heterocycles. The van der Waals surface area contributed by atoms with Gasteiger partial charge < -0.3 is 10.6 Å². The Morgan fingerprint density at radius 3 is 2.46 bits per heavy atom. The molecule has 1 heterocycles. The van der Waals surface area contributed by atoms with Gasteiger partial charge in [-0.05, 0) is 44.0 Å². The molecule has 0 bridgehead atoms. The van der Waals surface area contributed by atoms with E-state index >= 15 is 0 Å². The molecule has 0 atom stereocenters. The number of ketones is 1. The maximum atomic E-state index is 12.3. The predicted molar refractivity (Wildman–Crippen MR) is 91.5 cm³/mol. The topological polar surface area (TPSA) is 84.0 Å². The summed E-state index contributed by atoms with van der Waals surface area (Å²) in [5.41, 5.74) is 1.79. The lowest BCUT2D eigenvalue weighted by Crippen LogP contribution is -2.33. The van der Waals surface area contributed by atoms with Gasteiger partial charge in [0.2, 0.25) is 0 Å². The molecule has 1 aromatic carbocycles. The van der Waals surface area contributed by atoms with Crippen LogP contribution in [0.2, 0.25) is 0 Å². The van der Waals surface area contributed by atoms with Gasteiger partial charge in [-0.2, -0.15) is 0 Å². The van der Waals surface area contributed by atoms with Crippen molar-refractivity contribution in [1.29, 1.82) is 0 Å². The van der Waals surface area contributed by atoms with Crippen molar-refractivity contribution in [2.45, 2.75) is 38.6 Å². The molecule has 0 saturated heterocycles. The van der Waals surface area contributed by atoms with Gasteiger partial charge in [0.05, 0.1) is 0 Å². The van der Waals surface area contributed by atoms with Crippen LogP contribution < -0.4 is 10.6 Å². The average molecular weight is 324 g/mol. The summed E-state index contributed by atoms with van der Waals surface area (Å²) in [6.07, 6.45) is 5.76. The van der Waals surface area contributed by atoms with Crippen LogP contribution in [0.3, 0.4) is 0 Å². The summed E-state index contributed by atoms with van der Waals surface area (Å²) >= 11 is 0. The number of carbonyl (C=O) groups is 2. The van der Waals surface area contributed by atoms with E-state index in [1.807, 2.05) is 0 Å². The molecule has 6 nitrogen and oxygen atoms in total. The highest BCUT2D eigenvalue weighted by atomic mass is 16.2. The van der Waals surface area contributed by atoms with Crippen LogP contribution in [-0.2, 0) is 0 Å². The Kier molecular flexibility index (Phi) is 4.84. The van der Waals surface area contributed by atoms with E-state index in [1.165, 1.54) is 13.3 Å². The molecule has 1 fully saturated rings. The van der Waals surface area contributed by atoms with Crippen molar-refractivity contribution in [2.75, 3.05) is 5.32 Å². The molecule has 1 aliphatic rings. The monoisotopic (exact) mass is 324 g/mol. The second-order valence-corrected chi connectivity index (χ2v) is 6.00. The Morgan fingerprint density at radius 2 is 1.79 bits per heavy atom. The zero-order chi connectivity index (χ0) is 16.9. The molecule has 6 heteroatoms. The van der Waals surface area contributed by atoms with Gasteiger partial charge in [-0.25, -0.2) is 9.97 Å². The van der Waals surface area contributed by atoms with Crippen LogP contribution in [0, 0.1) is 0 Å². The minimum absolute atomic E-state index is 0.0226. The highest BCUT2D eigenvalue weighted by Gasteiger charge is 2.18. The summed E-state index contributed by atoms with van der Waals surface area (Å²) in [6.45, 7) is 1.53. The maximum absolute atomic E-state index is 12.3. The van der Waals surface area contributed by atoms with Gasteiger partial charge in [0.1, 0.15) is 17.8 Å². The van der Waals surface area contributed by atoms with Gasteiger partial charge in [0.25, 0.3) is 5.91 Å². The summed E-state index contributed by atoms with van der Waals surface area (Å²) in [5.74, 6) is 0.394. The molecule has 0 unspecified atom stereocenters. The van der Waals surface area contributed by atoms with Crippen LogP contribution in [0.1, 0.15) is 53.5 Å². The fraction of sp³-hybridized carbons (Fsp3) is 0.333. The number of aromatic nitrogens is 2. The van der Waals surface area contributed by atoms with Crippen molar-refractivity contribution in [3.63, 3.8) is 0 Å². The van der Waals surface area contributed by atoms with Gasteiger partial charge in [-0.3, -0.25) is 9.59 Å². The number of anilines is 2. The van der Waals surface area contributed by atoms with E-state index in [9.17, 15) is 9.59 Å². The van der Waals surface area contributed by atoms with Crippen LogP contribution >= 0.6 is 0 Å². The SMILES string of the molecule is CC(=O)c1ccc(Nc2cc(C(=O)NC3CCCC3)ncn2)cc1. The zero-order valence-corrected chi connectivity index (χ0v) is 13.6. The molecule has 2 N–H and O–H groups in total. The molecule has 0 radical (unpaired) electrons. The molecular formula is C18H20N4O2. The number of benzene rings is 1. The van der Waals surface area contributed by atoms with E-state index in [1.54, 1.807) is 30.3 Å². The van der Waals surface area contributed by atoms with Crippen molar-refractivity contribution in [3.05, 3.63) is 47.9 Å². The molecule has 24 heavy (non-hydrogen) atoms. The third-order valence-electron chi connectivity index (χ3n) is 4.15. The molecule has 2 aromatic rings. The van der Waals surface area contributed by atoms with Crippen LogP contribution in [0.5, 0.6) is 0 Å². The maximum Gasteiger partial charge on any atom is 0.270 e. The van der Waals surface area contributed by atoms with E-state index in [-0.39, 0.29) is 17.7 Å². The van der Waals surface area contributed by atoms with Crippen LogP contribution in [0.25, 0.3) is 0 Å². The summed E-state index contributed by atoms with van der Waals surface area (Å²) in [4.78, 5) is 31.7. The Labute approximate surface area is 140 Å². The normalized spacial score (nSPS) is 14.4. The van der Waals surface area contributed by atoms with E-state index in [2.05, 4.69) is 20.6 Å². The van der Waals surface area contributed by atoms with Crippen molar-refractivity contribution in [3.8, 4) is 0 Å². The van der Waals surface area contributed by atoms with E-state index in [4.69, 9.17) is 0 Å². The lowest BCUT2D eigenvalue weighted by atomic mass is 10.1. The lowest BCUT2D eigenvalue weighted by Gasteiger charge is -2.12. The third kappa shape index (κ3) is 3.95. The number of hydrogen-bond acceptors (Lipinski definition) is 5. The first-order valence-electron chi connectivity index (χ1n) is 8.13. The number of nitrogens with one attached hydrogen (secondary N) is 2. The highest BCUT2D eigenvalue weighted by molar-refractivity contribution is 5.94. The largest absolute Gasteiger partial charge is 0.348 e. The quantitative estimate of drug-likeness (QED) is 0.826. The molecule has 124 valence electrons. The van der Waals surface area contributed by atoms with Crippen LogP contribution in [-0.4, -0.2) is 27.7 Å². The van der Waals surface area contributed by atoms with Crippen LogP contribution in [0.15, 0.2) is 36.7 Å². The number of nitrogens with zero attached hydrogens (tertiary/aromatic N) is 2. The predicted octanol–water partition coefficient (Wildman–Crippen LogP) is 3.10. The highest BCUT2D eigenvalue weighted by Crippen LogP contribution is 2.19. The molecule has 1 saturated carbocycles. The fourth-order valence-corrected chi connectivity index (χ4v) is 2.82. The minimum Gasteiger partial charge on any atom is -0.348 e. The standard InChI is InChI=1S/C18H20N4O2/c1-12(23)13-6-8-15(9-7-13)21-17-10-16(19-11-20-17)18(24)22-14-4-2-3-5-14/h6-11,14H,2-5H2,1H3,(H,22,24)(H,19,20,21). The first kappa shape index (κ1) is 16.1. The van der Waals surface area contributed by atoms with Gasteiger partial charge in [-0.1, -0.05) is 12.8 Å². The van der Waals surface area contributed by atoms with Gasteiger partial charge in [-0.15, -0.1) is 0 Å². The number of Topliss-reactive ketones (excluding diaryl/α,β-unsaturated/α-hetero) is 1. The first-order valence-corrected chi connectivity index (χ1v) is 8.13. The summed E-state index contributed by atoms with van der Waals surface area (Å²) < 4.78 is 0. The second kappa shape index (κ2) is 7.21. The average Bonchev–Trinajstić information content (AvgIpc) is 3.08. The molecule has 1 aliphatic carbocycles. The first-order chi connectivity index (χ1) is 11.6. The van der Waals surface area contributed by atoms with Crippen molar-refractivity contribution in [1.82, 2.24) is 15.3 Å². The summed E-state index contributed by atoms with van der Waals surface area (Å²) in [6, 6.07) is 8.99. The van der Waals surface area contributed by atoms with Gasteiger partial charge in [0.15, 0.2) is 5.78 Å². The summed E-state index contributed by atoms with van der Waals surface area (Å²) in [7, 11) is 0. The molecule has 0 aliphatic heterocycles. The number of carbonyl (C=O) groups excluding carboxylic acids is 2. The van der Waals surface area contributed by atoms with Gasteiger partial charge >= 0.3 is 0 Å². The second-order valence-electron chi connectivity index (χ2n) is 6.00. The number of amides is 1. The fourth-order valence-electron chi connectivity index (χ4n) is 2.82. The lowest BCUT2D eigenvalue weighted by molar-refractivity contribution is 0.0932. The zero-order valence-electron chi connectivity index (χ0n) is 13.6. The van der Waals surface area contributed by atoms with Crippen molar-refractivity contribution >= 4 is 23.2 Å². The molecule has 0 spiro atoms. The van der Waals surface area contributed by atoms with Crippen molar-refractivity contribution < 1.29 is 9.59 Å². The minimum atomic E-state index is -0.167. The smallest absolute Gasteiger partial charge is 0.270 e.